The number of nitro groups is 1. The predicted octanol–water partition coefficient (Wildman–Crippen LogP) is 3.88. The molecule has 0 aliphatic carbocycles. The van der Waals surface area contributed by atoms with Gasteiger partial charge < -0.3 is 9.84 Å². The van der Waals surface area contributed by atoms with Crippen molar-refractivity contribution in [2.45, 2.75) is 0 Å². The average molecular weight is 312 g/mol. The van der Waals surface area contributed by atoms with Crippen LogP contribution in [0.4, 0.5) is 10.1 Å². The summed E-state index contributed by atoms with van der Waals surface area (Å²) in [5.41, 5.74) is -0.797. The lowest BCUT2D eigenvalue weighted by Crippen LogP contribution is -2.02. The minimum Gasteiger partial charge on any atom is -0.478 e. The van der Waals surface area contributed by atoms with Gasteiger partial charge >= 0.3 is 11.7 Å². The number of halogens is 2. The SMILES string of the molecule is O=C(O)c1ccc(F)cc1Oc1c(Cl)cccc1[N+](=O)[O-]. The van der Waals surface area contributed by atoms with E-state index >= 15 is 0 Å². The molecule has 6 nitrogen and oxygen atoms in total. The number of benzene rings is 2. The predicted molar refractivity (Wildman–Crippen MR) is 71.5 cm³/mol. The summed E-state index contributed by atoms with van der Waals surface area (Å²) in [5.74, 6) is -2.83. The fraction of sp³-hybridized carbons (Fsp3) is 0. The van der Waals surface area contributed by atoms with Gasteiger partial charge in [-0.1, -0.05) is 17.7 Å². The summed E-state index contributed by atoms with van der Waals surface area (Å²) < 4.78 is 18.4. The Morgan fingerprint density at radius 3 is 2.67 bits per heavy atom. The normalized spacial score (nSPS) is 10.2. The van der Waals surface area contributed by atoms with Gasteiger partial charge in [0, 0.05) is 12.1 Å². The van der Waals surface area contributed by atoms with Crippen molar-refractivity contribution < 1.29 is 24.0 Å². The first-order chi connectivity index (χ1) is 9.90. The van der Waals surface area contributed by atoms with Crippen LogP contribution in [0.3, 0.4) is 0 Å². The second-order valence-electron chi connectivity index (χ2n) is 3.89. The molecular weight excluding hydrogens is 305 g/mol. The van der Waals surface area contributed by atoms with Crippen molar-refractivity contribution in [1.82, 2.24) is 0 Å². The van der Waals surface area contributed by atoms with Crippen LogP contribution in [0.1, 0.15) is 10.4 Å². The number of rotatable bonds is 4. The van der Waals surface area contributed by atoms with Crippen molar-refractivity contribution in [3.8, 4) is 11.5 Å². The highest BCUT2D eigenvalue weighted by atomic mass is 35.5. The van der Waals surface area contributed by atoms with E-state index in [9.17, 15) is 19.3 Å². The summed E-state index contributed by atoms with van der Waals surface area (Å²) in [5, 5.41) is 19.8. The topological polar surface area (TPSA) is 89.7 Å². The van der Waals surface area contributed by atoms with E-state index < -0.39 is 22.4 Å². The van der Waals surface area contributed by atoms with Crippen LogP contribution in [0.5, 0.6) is 11.5 Å². The molecule has 0 amide bonds. The molecule has 0 aliphatic heterocycles. The highest BCUT2D eigenvalue weighted by Crippen LogP contribution is 2.38. The molecule has 0 spiro atoms. The van der Waals surface area contributed by atoms with Gasteiger partial charge in [0.2, 0.25) is 5.75 Å². The maximum atomic E-state index is 13.2. The van der Waals surface area contributed by atoms with E-state index in [-0.39, 0.29) is 22.1 Å². The molecule has 0 aliphatic rings. The van der Waals surface area contributed by atoms with Gasteiger partial charge in [-0.3, -0.25) is 10.1 Å². The Morgan fingerprint density at radius 2 is 2.05 bits per heavy atom. The molecule has 0 atom stereocenters. The van der Waals surface area contributed by atoms with Crippen LogP contribution in [0, 0.1) is 15.9 Å². The molecule has 1 N–H and O–H groups in total. The van der Waals surface area contributed by atoms with Gasteiger partial charge in [0.25, 0.3) is 0 Å². The van der Waals surface area contributed by atoms with Gasteiger partial charge in [-0.05, 0) is 18.2 Å². The highest BCUT2D eigenvalue weighted by Gasteiger charge is 2.22. The molecule has 2 rings (SSSR count). The molecule has 2 aromatic rings. The number of carboxylic acids is 1. The second kappa shape index (κ2) is 5.76. The molecule has 0 saturated carbocycles. The van der Waals surface area contributed by atoms with Gasteiger partial charge in [-0.15, -0.1) is 0 Å². The Bertz CT molecular complexity index is 734. The molecule has 2 aromatic carbocycles. The number of aromatic carboxylic acids is 1. The lowest BCUT2D eigenvalue weighted by Gasteiger charge is -2.10. The van der Waals surface area contributed by atoms with E-state index in [0.717, 1.165) is 24.3 Å². The van der Waals surface area contributed by atoms with Gasteiger partial charge in [0.1, 0.15) is 17.1 Å². The van der Waals surface area contributed by atoms with Crippen LogP contribution in [-0.4, -0.2) is 16.0 Å². The van der Waals surface area contributed by atoms with Gasteiger partial charge in [-0.25, -0.2) is 9.18 Å². The zero-order valence-electron chi connectivity index (χ0n) is 10.2. The monoisotopic (exact) mass is 311 g/mol. The minimum atomic E-state index is -1.36. The second-order valence-corrected chi connectivity index (χ2v) is 4.30. The van der Waals surface area contributed by atoms with Gasteiger partial charge in [0.15, 0.2) is 0 Å². The Hall–Kier alpha value is -2.67. The summed E-state index contributed by atoms with van der Waals surface area (Å²) in [4.78, 5) is 21.2. The maximum Gasteiger partial charge on any atom is 0.339 e. The number of nitro benzene ring substituents is 1. The first-order valence-corrected chi connectivity index (χ1v) is 5.91. The van der Waals surface area contributed by atoms with E-state index in [0.29, 0.717) is 0 Å². The number of hydrogen-bond donors (Lipinski definition) is 1. The van der Waals surface area contributed by atoms with Crippen LogP contribution in [0.25, 0.3) is 0 Å². The smallest absolute Gasteiger partial charge is 0.339 e. The number of hydrogen-bond acceptors (Lipinski definition) is 4. The van der Waals surface area contributed by atoms with Crippen molar-refractivity contribution in [1.29, 1.82) is 0 Å². The van der Waals surface area contributed by atoms with Gasteiger partial charge in [-0.2, -0.15) is 0 Å². The summed E-state index contributed by atoms with van der Waals surface area (Å²) in [6, 6.07) is 6.57. The Balaban J connectivity index is 2.55. The van der Waals surface area contributed by atoms with E-state index in [4.69, 9.17) is 21.4 Å². The number of carbonyl (C=O) groups is 1. The van der Waals surface area contributed by atoms with Gasteiger partial charge in [0.05, 0.1) is 9.95 Å². The quantitative estimate of drug-likeness (QED) is 0.683. The number of ether oxygens (including phenoxy) is 1. The first-order valence-electron chi connectivity index (χ1n) is 5.53. The molecule has 0 aromatic heterocycles. The molecule has 0 bridgehead atoms. The molecule has 8 heteroatoms. The number of para-hydroxylation sites is 1. The lowest BCUT2D eigenvalue weighted by atomic mass is 10.2. The number of carboxylic acid groups (broad SMARTS) is 1. The molecule has 0 radical (unpaired) electrons. The molecule has 0 fully saturated rings. The van der Waals surface area contributed by atoms with Crippen LogP contribution >= 0.6 is 11.6 Å². The summed E-state index contributed by atoms with van der Waals surface area (Å²) in [7, 11) is 0. The van der Waals surface area contributed by atoms with E-state index in [1.54, 1.807) is 0 Å². The highest BCUT2D eigenvalue weighted by molar-refractivity contribution is 6.32. The largest absolute Gasteiger partial charge is 0.478 e. The summed E-state index contributed by atoms with van der Waals surface area (Å²) in [6.07, 6.45) is 0. The van der Waals surface area contributed by atoms with Crippen molar-refractivity contribution >= 4 is 23.3 Å². The molecule has 0 unspecified atom stereocenters. The molecular formula is C13H7ClFNO5. The summed E-state index contributed by atoms with van der Waals surface area (Å²) >= 11 is 5.82. The Morgan fingerprint density at radius 1 is 1.33 bits per heavy atom. The fourth-order valence-electron chi connectivity index (χ4n) is 1.61. The van der Waals surface area contributed by atoms with Crippen molar-refractivity contribution in [3.05, 3.63) is 62.9 Å². The minimum absolute atomic E-state index is 0.0928. The zero-order chi connectivity index (χ0) is 15.6. The Kier molecular flexibility index (Phi) is 4.04. The Labute approximate surface area is 122 Å². The molecule has 0 heterocycles. The zero-order valence-corrected chi connectivity index (χ0v) is 11.0. The number of nitrogens with zero attached hydrogens (tertiary/aromatic N) is 1. The third-order valence-electron chi connectivity index (χ3n) is 2.53. The van der Waals surface area contributed by atoms with E-state index in [1.165, 1.54) is 12.1 Å². The standard InChI is InChI=1S/C13H7ClFNO5/c14-9-2-1-3-10(16(19)20)12(9)21-11-6-7(15)4-5-8(11)13(17)18/h1-6H,(H,17,18). The average Bonchev–Trinajstić information content (AvgIpc) is 2.40. The lowest BCUT2D eigenvalue weighted by molar-refractivity contribution is -0.385. The fourth-order valence-corrected chi connectivity index (χ4v) is 1.82. The van der Waals surface area contributed by atoms with Crippen LogP contribution in [-0.2, 0) is 0 Å². The summed E-state index contributed by atoms with van der Waals surface area (Å²) in [6.45, 7) is 0. The maximum absolute atomic E-state index is 13.2. The third-order valence-corrected chi connectivity index (χ3v) is 2.83. The van der Waals surface area contributed by atoms with Crippen LogP contribution in [0.2, 0.25) is 5.02 Å². The molecule has 21 heavy (non-hydrogen) atoms. The molecule has 0 saturated heterocycles. The molecule has 108 valence electrons. The van der Waals surface area contributed by atoms with Crippen molar-refractivity contribution in [2.24, 2.45) is 0 Å². The first kappa shape index (κ1) is 14.7. The van der Waals surface area contributed by atoms with Crippen molar-refractivity contribution in [2.75, 3.05) is 0 Å². The third kappa shape index (κ3) is 3.09. The van der Waals surface area contributed by atoms with Crippen LogP contribution in [0.15, 0.2) is 36.4 Å². The van der Waals surface area contributed by atoms with Crippen LogP contribution < -0.4 is 4.74 Å². The van der Waals surface area contributed by atoms with Crippen molar-refractivity contribution in [3.63, 3.8) is 0 Å². The van der Waals surface area contributed by atoms with E-state index in [1.807, 2.05) is 0 Å². The van der Waals surface area contributed by atoms with E-state index in [2.05, 4.69) is 0 Å².